The molecule has 1 aliphatic heterocycles. The Morgan fingerprint density at radius 3 is 2.86 bits per heavy atom. The van der Waals surface area contributed by atoms with Crippen LogP contribution < -0.4 is 16.2 Å². The maximum Gasteiger partial charge on any atom is 0.291 e. The lowest BCUT2D eigenvalue weighted by Gasteiger charge is -2.26. The molecule has 1 aromatic rings. The topological polar surface area (TPSA) is 59.0 Å². The summed E-state index contributed by atoms with van der Waals surface area (Å²) in [6, 6.07) is 0.419. The Labute approximate surface area is 130 Å². The van der Waals surface area contributed by atoms with Crippen LogP contribution in [0.1, 0.15) is 38.5 Å². The molecule has 116 valence electrons. The third-order valence-electron chi connectivity index (χ3n) is 4.59. The number of halogens is 1. The summed E-state index contributed by atoms with van der Waals surface area (Å²) in [5, 5.41) is 11.3. The van der Waals surface area contributed by atoms with Crippen LogP contribution in [0.3, 0.4) is 0 Å². The molecule has 1 aromatic heterocycles. The molecule has 6 heteroatoms. The average molecular weight is 311 g/mol. The summed E-state index contributed by atoms with van der Waals surface area (Å²) in [4.78, 5) is 12.5. The van der Waals surface area contributed by atoms with Gasteiger partial charge >= 0.3 is 0 Å². The molecule has 1 unspecified atom stereocenters. The van der Waals surface area contributed by atoms with Gasteiger partial charge in [0.2, 0.25) is 0 Å². The highest BCUT2D eigenvalue weighted by Gasteiger charge is 2.20. The van der Waals surface area contributed by atoms with Crippen LogP contribution in [-0.2, 0) is 6.54 Å². The second-order valence-corrected chi connectivity index (χ2v) is 6.59. The van der Waals surface area contributed by atoms with Crippen LogP contribution in [-0.4, -0.2) is 28.9 Å². The molecule has 3 rings (SSSR count). The lowest BCUT2D eigenvalue weighted by Crippen LogP contribution is -2.40. The smallest absolute Gasteiger partial charge is 0.291 e. The van der Waals surface area contributed by atoms with Crippen molar-refractivity contribution in [3.05, 3.63) is 21.6 Å². The highest BCUT2D eigenvalue weighted by Crippen LogP contribution is 2.27. The van der Waals surface area contributed by atoms with Crippen LogP contribution in [0.25, 0.3) is 0 Å². The minimum Gasteiger partial charge on any atom is -0.378 e. The van der Waals surface area contributed by atoms with E-state index >= 15 is 0 Å². The van der Waals surface area contributed by atoms with Crippen LogP contribution in [0.2, 0.25) is 5.02 Å². The predicted octanol–water partition coefficient (Wildman–Crippen LogP) is 2.25. The van der Waals surface area contributed by atoms with Gasteiger partial charge in [0, 0.05) is 19.1 Å². The van der Waals surface area contributed by atoms with Gasteiger partial charge in [-0.05, 0) is 38.1 Å². The molecule has 5 nitrogen and oxygen atoms in total. The summed E-state index contributed by atoms with van der Waals surface area (Å²) in [6.45, 7) is 2.51. The molecule has 0 spiro atoms. The van der Waals surface area contributed by atoms with Crippen LogP contribution >= 0.6 is 11.6 Å². The van der Waals surface area contributed by atoms with E-state index in [9.17, 15) is 4.79 Å². The van der Waals surface area contributed by atoms with Crippen molar-refractivity contribution in [2.24, 2.45) is 5.92 Å². The van der Waals surface area contributed by atoms with Crippen molar-refractivity contribution in [3.8, 4) is 0 Å². The first-order chi connectivity index (χ1) is 10.2. The fourth-order valence-corrected chi connectivity index (χ4v) is 3.19. The molecule has 1 atom stereocenters. The largest absolute Gasteiger partial charge is 0.378 e. The van der Waals surface area contributed by atoms with Gasteiger partial charge in [-0.1, -0.05) is 24.4 Å². The average Bonchev–Trinajstić information content (AvgIpc) is 2.45. The van der Waals surface area contributed by atoms with Crippen LogP contribution in [0.15, 0.2) is 11.0 Å². The summed E-state index contributed by atoms with van der Waals surface area (Å²) in [6.07, 6.45) is 8.88. The highest BCUT2D eigenvalue weighted by atomic mass is 35.5. The third-order valence-corrected chi connectivity index (χ3v) is 4.88. The number of nitrogens with zero attached hydrogens (tertiary/aromatic N) is 2. The van der Waals surface area contributed by atoms with Crippen molar-refractivity contribution in [2.75, 3.05) is 18.4 Å². The van der Waals surface area contributed by atoms with E-state index in [0.717, 1.165) is 19.5 Å². The number of rotatable bonds is 5. The van der Waals surface area contributed by atoms with Crippen LogP contribution in [0, 0.1) is 5.92 Å². The normalized spacial score (nSPS) is 22.8. The molecule has 0 aromatic carbocycles. The minimum atomic E-state index is -0.0924. The number of piperidine rings is 1. The van der Waals surface area contributed by atoms with Crippen molar-refractivity contribution >= 4 is 17.3 Å². The van der Waals surface area contributed by atoms with Gasteiger partial charge < -0.3 is 10.6 Å². The molecule has 21 heavy (non-hydrogen) atoms. The van der Waals surface area contributed by atoms with Crippen molar-refractivity contribution in [2.45, 2.75) is 51.1 Å². The quantitative estimate of drug-likeness (QED) is 0.876. The molecule has 0 radical (unpaired) electrons. The summed E-state index contributed by atoms with van der Waals surface area (Å²) in [5.41, 5.74) is 0.406. The molecule has 0 bridgehead atoms. The van der Waals surface area contributed by atoms with E-state index in [1.54, 1.807) is 10.9 Å². The molecular formula is C15H23ClN4O. The van der Waals surface area contributed by atoms with Crippen molar-refractivity contribution < 1.29 is 0 Å². The van der Waals surface area contributed by atoms with Gasteiger partial charge in [-0.15, -0.1) is 0 Å². The van der Waals surface area contributed by atoms with Crippen molar-refractivity contribution in [1.29, 1.82) is 0 Å². The van der Waals surface area contributed by atoms with Gasteiger partial charge in [0.15, 0.2) is 0 Å². The van der Waals surface area contributed by atoms with Gasteiger partial charge in [0.05, 0.1) is 11.2 Å². The first-order valence-corrected chi connectivity index (χ1v) is 8.34. The fraction of sp³-hybridized carbons (Fsp3) is 0.733. The third kappa shape index (κ3) is 3.58. The van der Waals surface area contributed by atoms with Crippen molar-refractivity contribution in [1.82, 2.24) is 15.1 Å². The zero-order valence-electron chi connectivity index (χ0n) is 12.3. The Balaban J connectivity index is 1.67. The second kappa shape index (κ2) is 6.79. The zero-order chi connectivity index (χ0) is 14.7. The van der Waals surface area contributed by atoms with Gasteiger partial charge in [-0.25, -0.2) is 4.68 Å². The Morgan fingerprint density at radius 1 is 1.33 bits per heavy atom. The number of aromatic nitrogens is 2. The molecule has 2 aliphatic rings. The molecule has 1 saturated carbocycles. The zero-order valence-corrected chi connectivity index (χ0v) is 13.0. The molecule has 2 N–H and O–H groups in total. The summed E-state index contributed by atoms with van der Waals surface area (Å²) >= 11 is 6.14. The SMILES string of the molecule is O=c1c(NCC2CCCCN2)c(Cl)cnn1CC1CCC1. The van der Waals surface area contributed by atoms with E-state index in [1.807, 2.05) is 0 Å². The molecule has 1 aliphatic carbocycles. The molecule has 1 saturated heterocycles. The standard InChI is InChI=1S/C15H23ClN4O/c16-13-9-19-20(10-11-4-3-5-11)15(21)14(13)18-8-12-6-1-2-7-17-12/h9,11-12,17-18H,1-8,10H2. The van der Waals surface area contributed by atoms with E-state index in [4.69, 9.17) is 11.6 Å². The van der Waals surface area contributed by atoms with Gasteiger partial charge in [0.1, 0.15) is 5.69 Å². The van der Waals surface area contributed by atoms with Crippen LogP contribution in [0.4, 0.5) is 5.69 Å². The number of hydrogen-bond donors (Lipinski definition) is 2. The van der Waals surface area contributed by atoms with Gasteiger partial charge in [-0.2, -0.15) is 5.10 Å². The maximum atomic E-state index is 12.5. The summed E-state index contributed by atoms with van der Waals surface area (Å²) < 4.78 is 1.56. The van der Waals surface area contributed by atoms with E-state index in [0.29, 0.717) is 29.2 Å². The Bertz CT molecular complexity index is 535. The van der Waals surface area contributed by atoms with E-state index < -0.39 is 0 Å². The highest BCUT2D eigenvalue weighted by molar-refractivity contribution is 6.32. The number of hydrogen-bond acceptors (Lipinski definition) is 4. The summed E-state index contributed by atoms with van der Waals surface area (Å²) in [7, 11) is 0. The molecule has 0 amide bonds. The molecule has 2 heterocycles. The van der Waals surface area contributed by atoms with Gasteiger partial charge in [-0.3, -0.25) is 4.79 Å². The predicted molar refractivity (Wildman–Crippen MR) is 85.0 cm³/mol. The molecule has 2 fully saturated rings. The second-order valence-electron chi connectivity index (χ2n) is 6.18. The van der Waals surface area contributed by atoms with E-state index in [1.165, 1.54) is 32.1 Å². The van der Waals surface area contributed by atoms with Crippen LogP contribution in [0.5, 0.6) is 0 Å². The number of anilines is 1. The fourth-order valence-electron chi connectivity index (χ4n) is 3.00. The molecular weight excluding hydrogens is 288 g/mol. The van der Waals surface area contributed by atoms with E-state index in [-0.39, 0.29) is 5.56 Å². The lowest BCUT2D eigenvalue weighted by atomic mass is 9.85. The Kier molecular flexibility index (Phi) is 4.80. The number of nitrogens with one attached hydrogen (secondary N) is 2. The summed E-state index contributed by atoms with van der Waals surface area (Å²) in [5.74, 6) is 0.601. The minimum absolute atomic E-state index is 0.0924. The first kappa shape index (κ1) is 14.9. The first-order valence-electron chi connectivity index (χ1n) is 7.97. The maximum absolute atomic E-state index is 12.5. The Morgan fingerprint density at radius 2 is 2.19 bits per heavy atom. The lowest BCUT2D eigenvalue weighted by molar-refractivity contribution is 0.262. The van der Waals surface area contributed by atoms with E-state index in [2.05, 4.69) is 15.7 Å². The van der Waals surface area contributed by atoms with Crippen molar-refractivity contribution in [3.63, 3.8) is 0 Å². The van der Waals surface area contributed by atoms with Gasteiger partial charge in [0.25, 0.3) is 5.56 Å². The Hall–Kier alpha value is -1.07. The monoisotopic (exact) mass is 310 g/mol.